The van der Waals surface area contributed by atoms with Crippen molar-refractivity contribution in [3.8, 4) is 0 Å². The van der Waals surface area contributed by atoms with Crippen molar-refractivity contribution in [2.75, 3.05) is 13.1 Å². The first-order valence-electron chi connectivity index (χ1n) is 5.49. The van der Waals surface area contributed by atoms with Gasteiger partial charge in [-0.15, -0.1) is 0 Å². The van der Waals surface area contributed by atoms with Crippen molar-refractivity contribution in [1.82, 2.24) is 4.90 Å². The zero-order valence-electron chi connectivity index (χ0n) is 8.65. The molecule has 1 aromatic carbocycles. The number of rotatable bonds is 0. The van der Waals surface area contributed by atoms with Gasteiger partial charge in [0.15, 0.2) is 5.17 Å². The van der Waals surface area contributed by atoms with Gasteiger partial charge in [-0.3, -0.25) is 4.99 Å². The minimum atomic E-state index is 0.856. The summed E-state index contributed by atoms with van der Waals surface area (Å²) in [6, 6.07) is 8.58. The second-order valence-electron chi connectivity index (χ2n) is 4.00. The summed E-state index contributed by atoms with van der Waals surface area (Å²) in [5, 5.41) is 1.23. The first kappa shape index (κ1) is 9.28. The summed E-state index contributed by atoms with van der Waals surface area (Å²) in [4.78, 5) is 8.46. The van der Waals surface area contributed by atoms with Gasteiger partial charge in [-0.1, -0.05) is 30.0 Å². The zero-order chi connectivity index (χ0) is 10.1. The molecule has 3 rings (SSSR count). The van der Waals surface area contributed by atoms with Crippen LogP contribution in [0.4, 0.5) is 0 Å². The minimum Gasteiger partial charge on any atom is -0.351 e. The molecule has 0 bridgehead atoms. The number of benzene rings is 1. The summed E-state index contributed by atoms with van der Waals surface area (Å²) in [6.45, 7) is 3.23. The van der Waals surface area contributed by atoms with E-state index in [2.05, 4.69) is 34.2 Å². The van der Waals surface area contributed by atoms with Crippen molar-refractivity contribution in [2.45, 2.75) is 24.3 Å². The van der Waals surface area contributed by atoms with Gasteiger partial charge >= 0.3 is 0 Å². The lowest BCUT2D eigenvalue weighted by Gasteiger charge is -2.23. The molecule has 0 saturated carbocycles. The van der Waals surface area contributed by atoms with E-state index >= 15 is 0 Å². The maximum absolute atomic E-state index is 4.66. The van der Waals surface area contributed by atoms with Gasteiger partial charge in [0.1, 0.15) is 0 Å². The highest BCUT2D eigenvalue weighted by Crippen LogP contribution is 2.31. The highest BCUT2D eigenvalue weighted by Gasteiger charge is 2.20. The molecule has 2 heterocycles. The van der Waals surface area contributed by atoms with E-state index in [4.69, 9.17) is 0 Å². The molecular weight excluding hydrogens is 204 g/mol. The summed E-state index contributed by atoms with van der Waals surface area (Å²) in [5.74, 6) is 0. The van der Waals surface area contributed by atoms with E-state index in [1.807, 2.05) is 11.8 Å². The third kappa shape index (κ3) is 1.76. The molecule has 2 aliphatic heterocycles. The van der Waals surface area contributed by atoms with E-state index in [1.165, 1.54) is 41.6 Å². The maximum Gasteiger partial charge on any atom is 0.164 e. The fraction of sp³-hybridized carbons (Fsp3) is 0.417. The molecule has 2 aliphatic rings. The van der Waals surface area contributed by atoms with Crippen LogP contribution in [0.5, 0.6) is 0 Å². The van der Waals surface area contributed by atoms with E-state index in [9.17, 15) is 0 Å². The Morgan fingerprint density at radius 2 is 1.93 bits per heavy atom. The number of hydrogen-bond donors (Lipinski definition) is 0. The van der Waals surface area contributed by atoms with Gasteiger partial charge < -0.3 is 4.90 Å². The molecule has 1 saturated heterocycles. The van der Waals surface area contributed by atoms with Gasteiger partial charge in [-0.05, 0) is 24.5 Å². The van der Waals surface area contributed by atoms with Gasteiger partial charge in [0.2, 0.25) is 0 Å². The summed E-state index contributed by atoms with van der Waals surface area (Å²) in [6.07, 6.45) is 2.64. The summed E-state index contributed by atoms with van der Waals surface area (Å²) < 4.78 is 0. The lowest BCUT2D eigenvalue weighted by atomic mass is 10.2. The van der Waals surface area contributed by atoms with Crippen LogP contribution in [-0.2, 0) is 6.54 Å². The number of thioether (sulfide) groups is 1. The molecule has 0 aromatic heterocycles. The van der Waals surface area contributed by atoms with Gasteiger partial charge in [-0.25, -0.2) is 0 Å². The lowest BCUT2D eigenvalue weighted by molar-refractivity contribution is 0.526. The molecular formula is C12H14N2S. The first-order chi connectivity index (χ1) is 7.43. The largest absolute Gasteiger partial charge is 0.351 e. The minimum absolute atomic E-state index is 0.856. The zero-order valence-corrected chi connectivity index (χ0v) is 9.46. The van der Waals surface area contributed by atoms with Crippen molar-refractivity contribution in [2.24, 2.45) is 4.99 Å². The topological polar surface area (TPSA) is 15.6 Å². The van der Waals surface area contributed by atoms with Crippen LogP contribution < -0.4 is 0 Å². The molecule has 1 fully saturated rings. The first-order valence-corrected chi connectivity index (χ1v) is 6.30. The summed E-state index contributed by atoms with van der Waals surface area (Å²) in [5.41, 5.74) is 1.37. The Bertz CT molecular complexity index is 394. The Kier molecular flexibility index (Phi) is 2.41. The highest BCUT2D eigenvalue weighted by molar-refractivity contribution is 8.13. The van der Waals surface area contributed by atoms with Crippen LogP contribution in [0, 0.1) is 0 Å². The number of aliphatic imine (C=N–C) groups is 1. The Balaban J connectivity index is 1.82. The SMILES string of the molecule is c1ccc2c(c1)CN=C(N1CCCC1)S2. The second-order valence-corrected chi connectivity index (χ2v) is 5.01. The monoisotopic (exact) mass is 218 g/mol. The predicted molar refractivity (Wildman–Crippen MR) is 64.2 cm³/mol. The third-order valence-corrected chi connectivity index (χ3v) is 4.12. The molecule has 0 atom stereocenters. The van der Waals surface area contributed by atoms with Crippen molar-refractivity contribution >= 4 is 16.9 Å². The Morgan fingerprint density at radius 1 is 1.13 bits per heavy atom. The Hall–Kier alpha value is -0.960. The van der Waals surface area contributed by atoms with E-state index in [0.29, 0.717) is 0 Å². The average molecular weight is 218 g/mol. The number of likely N-dealkylation sites (tertiary alicyclic amines) is 1. The van der Waals surface area contributed by atoms with Crippen molar-refractivity contribution < 1.29 is 0 Å². The normalized spacial score (nSPS) is 20.0. The van der Waals surface area contributed by atoms with E-state index in [0.717, 1.165) is 6.54 Å². The standard InChI is InChI=1S/C12H14N2S/c1-2-6-11-10(5-1)9-13-12(15-11)14-7-3-4-8-14/h1-2,5-6H,3-4,7-9H2. The van der Waals surface area contributed by atoms with Gasteiger partial charge in [0.25, 0.3) is 0 Å². The van der Waals surface area contributed by atoms with Crippen LogP contribution in [-0.4, -0.2) is 23.2 Å². The van der Waals surface area contributed by atoms with Crippen LogP contribution in [0.25, 0.3) is 0 Å². The Labute approximate surface area is 94.4 Å². The summed E-state index contributed by atoms with van der Waals surface area (Å²) in [7, 11) is 0. The van der Waals surface area contributed by atoms with Crippen LogP contribution in [0.3, 0.4) is 0 Å². The third-order valence-electron chi connectivity index (χ3n) is 2.94. The van der Waals surface area contributed by atoms with Crippen LogP contribution in [0.1, 0.15) is 18.4 Å². The fourth-order valence-electron chi connectivity index (χ4n) is 2.09. The quantitative estimate of drug-likeness (QED) is 0.665. The Morgan fingerprint density at radius 3 is 2.80 bits per heavy atom. The van der Waals surface area contributed by atoms with Crippen LogP contribution in [0.2, 0.25) is 0 Å². The van der Waals surface area contributed by atoms with Crippen LogP contribution in [0.15, 0.2) is 34.2 Å². The van der Waals surface area contributed by atoms with Crippen molar-refractivity contribution in [1.29, 1.82) is 0 Å². The molecule has 2 nitrogen and oxygen atoms in total. The van der Waals surface area contributed by atoms with E-state index < -0.39 is 0 Å². The molecule has 0 spiro atoms. The summed E-state index contributed by atoms with van der Waals surface area (Å²) >= 11 is 1.83. The van der Waals surface area contributed by atoms with Crippen LogP contribution >= 0.6 is 11.8 Å². The number of fused-ring (bicyclic) bond motifs is 1. The van der Waals surface area contributed by atoms with Crippen molar-refractivity contribution in [3.05, 3.63) is 29.8 Å². The number of amidine groups is 1. The fourth-order valence-corrected chi connectivity index (χ4v) is 3.14. The molecule has 0 amide bonds. The second kappa shape index (κ2) is 3.89. The lowest BCUT2D eigenvalue weighted by Crippen LogP contribution is -2.26. The van der Waals surface area contributed by atoms with Gasteiger partial charge in [0, 0.05) is 18.0 Å². The molecule has 15 heavy (non-hydrogen) atoms. The molecule has 78 valence electrons. The molecule has 1 aromatic rings. The number of hydrogen-bond acceptors (Lipinski definition) is 3. The maximum atomic E-state index is 4.66. The molecule has 0 aliphatic carbocycles. The van der Waals surface area contributed by atoms with E-state index in [1.54, 1.807) is 0 Å². The average Bonchev–Trinajstić information content (AvgIpc) is 2.82. The van der Waals surface area contributed by atoms with Gasteiger partial charge in [0.05, 0.1) is 6.54 Å². The molecule has 0 radical (unpaired) electrons. The number of nitrogens with zero attached hydrogens (tertiary/aromatic N) is 2. The van der Waals surface area contributed by atoms with E-state index in [-0.39, 0.29) is 0 Å². The molecule has 0 N–H and O–H groups in total. The highest BCUT2D eigenvalue weighted by atomic mass is 32.2. The smallest absolute Gasteiger partial charge is 0.164 e. The van der Waals surface area contributed by atoms with Gasteiger partial charge in [-0.2, -0.15) is 0 Å². The predicted octanol–water partition coefficient (Wildman–Crippen LogP) is 2.74. The molecule has 3 heteroatoms. The van der Waals surface area contributed by atoms with Crippen molar-refractivity contribution in [3.63, 3.8) is 0 Å². The molecule has 0 unspecified atom stereocenters.